The Morgan fingerprint density at radius 3 is 3.00 bits per heavy atom. The maximum absolute atomic E-state index is 12.6. The first kappa shape index (κ1) is 16.9. The van der Waals surface area contributed by atoms with Crippen molar-refractivity contribution in [1.29, 1.82) is 0 Å². The van der Waals surface area contributed by atoms with Crippen LogP contribution in [0.15, 0.2) is 17.2 Å². The molecule has 2 aliphatic rings. The normalized spacial score (nSPS) is 27.2. The van der Waals surface area contributed by atoms with Gasteiger partial charge in [-0.15, -0.1) is 0 Å². The first-order chi connectivity index (χ1) is 11.6. The molecule has 0 spiro atoms. The lowest BCUT2D eigenvalue weighted by Crippen LogP contribution is -2.50. The van der Waals surface area contributed by atoms with Gasteiger partial charge < -0.3 is 24.3 Å². The third-order valence-electron chi connectivity index (χ3n) is 4.66. The van der Waals surface area contributed by atoms with Crippen molar-refractivity contribution in [2.24, 2.45) is 13.0 Å². The zero-order valence-corrected chi connectivity index (χ0v) is 14.1. The fourth-order valence-electron chi connectivity index (χ4n) is 3.16. The Morgan fingerprint density at radius 1 is 1.42 bits per heavy atom. The number of hydrogen-bond donors (Lipinski definition) is 1. The molecular formula is C16H24N4O4. The van der Waals surface area contributed by atoms with Gasteiger partial charge >= 0.3 is 0 Å². The van der Waals surface area contributed by atoms with E-state index in [1.54, 1.807) is 19.4 Å². The zero-order valence-electron chi connectivity index (χ0n) is 14.1. The SMILES string of the molecule is C[C@@H]1OCC[C@H]1C(=O)N1CCO[C@@H](CNc2nccn(C)c2=O)C1. The summed E-state index contributed by atoms with van der Waals surface area (Å²) < 4.78 is 12.7. The fraction of sp³-hybridized carbons (Fsp3) is 0.688. The van der Waals surface area contributed by atoms with E-state index in [4.69, 9.17) is 9.47 Å². The first-order valence-electron chi connectivity index (χ1n) is 8.33. The fourth-order valence-corrected chi connectivity index (χ4v) is 3.16. The van der Waals surface area contributed by atoms with Crippen LogP contribution in [0.1, 0.15) is 13.3 Å². The number of nitrogens with zero attached hydrogens (tertiary/aromatic N) is 3. The lowest BCUT2D eigenvalue weighted by molar-refractivity contribution is -0.144. The topological polar surface area (TPSA) is 85.7 Å². The smallest absolute Gasteiger partial charge is 0.293 e. The molecule has 8 nitrogen and oxygen atoms in total. The Labute approximate surface area is 140 Å². The van der Waals surface area contributed by atoms with Gasteiger partial charge in [0.05, 0.1) is 24.7 Å². The summed E-state index contributed by atoms with van der Waals surface area (Å²) >= 11 is 0. The Morgan fingerprint density at radius 2 is 2.25 bits per heavy atom. The van der Waals surface area contributed by atoms with Crippen LogP contribution in [0, 0.1) is 5.92 Å². The van der Waals surface area contributed by atoms with Crippen LogP contribution in [-0.2, 0) is 21.3 Å². The molecule has 8 heteroatoms. The average molecular weight is 336 g/mol. The maximum atomic E-state index is 12.6. The molecule has 3 atom stereocenters. The van der Waals surface area contributed by atoms with Gasteiger partial charge in [0.1, 0.15) is 0 Å². The molecular weight excluding hydrogens is 312 g/mol. The van der Waals surface area contributed by atoms with E-state index in [0.29, 0.717) is 38.7 Å². The molecule has 1 aromatic heterocycles. The standard InChI is InChI=1S/C16H24N4O4/c1-11-13(3-7-23-11)15(21)20-6-8-24-12(10-20)9-18-14-16(22)19(2)5-4-17-14/h4-5,11-13H,3,6-10H2,1-2H3,(H,17,18)/t11-,12-,13+/m0/s1. The van der Waals surface area contributed by atoms with Gasteiger partial charge in [-0.05, 0) is 13.3 Å². The summed E-state index contributed by atoms with van der Waals surface area (Å²) in [6.07, 6.45) is 3.78. The van der Waals surface area contributed by atoms with Crippen LogP contribution in [0.3, 0.4) is 0 Å². The molecule has 132 valence electrons. The summed E-state index contributed by atoms with van der Waals surface area (Å²) in [5.74, 6) is 0.381. The number of carbonyl (C=O) groups is 1. The molecule has 0 radical (unpaired) electrons. The van der Waals surface area contributed by atoms with Crippen LogP contribution in [0.5, 0.6) is 0 Å². The molecule has 24 heavy (non-hydrogen) atoms. The molecule has 2 fully saturated rings. The summed E-state index contributed by atoms with van der Waals surface area (Å²) in [5, 5.41) is 3.03. The second-order valence-corrected chi connectivity index (χ2v) is 6.32. The van der Waals surface area contributed by atoms with Gasteiger partial charge in [-0.1, -0.05) is 0 Å². The molecule has 3 rings (SSSR count). The van der Waals surface area contributed by atoms with Gasteiger partial charge in [0.15, 0.2) is 5.82 Å². The number of carbonyl (C=O) groups excluding carboxylic acids is 1. The molecule has 3 heterocycles. The van der Waals surface area contributed by atoms with Gasteiger partial charge in [-0.2, -0.15) is 0 Å². The van der Waals surface area contributed by atoms with E-state index < -0.39 is 0 Å². The average Bonchev–Trinajstić information content (AvgIpc) is 3.02. The molecule has 0 saturated carbocycles. The van der Waals surface area contributed by atoms with Crippen LogP contribution in [-0.4, -0.2) is 65.4 Å². The Balaban J connectivity index is 1.56. The van der Waals surface area contributed by atoms with Crippen molar-refractivity contribution in [3.8, 4) is 0 Å². The van der Waals surface area contributed by atoms with Crippen LogP contribution < -0.4 is 10.9 Å². The summed E-state index contributed by atoms with van der Waals surface area (Å²) in [6, 6.07) is 0. The molecule has 0 unspecified atom stereocenters. The van der Waals surface area contributed by atoms with E-state index in [0.717, 1.165) is 6.42 Å². The molecule has 0 bridgehead atoms. The van der Waals surface area contributed by atoms with Crippen LogP contribution in [0.2, 0.25) is 0 Å². The lowest BCUT2D eigenvalue weighted by atomic mass is 10.0. The number of ether oxygens (including phenoxy) is 2. The number of anilines is 1. The maximum Gasteiger partial charge on any atom is 0.293 e. The van der Waals surface area contributed by atoms with E-state index in [9.17, 15) is 9.59 Å². The van der Waals surface area contributed by atoms with Gasteiger partial charge in [0.25, 0.3) is 5.56 Å². The summed E-state index contributed by atoms with van der Waals surface area (Å²) in [4.78, 5) is 30.5. The van der Waals surface area contributed by atoms with E-state index in [1.165, 1.54) is 4.57 Å². The van der Waals surface area contributed by atoms with E-state index in [-0.39, 0.29) is 29.6 Å². The van der Waals surface area contributed by atoms with Gasteiger partial charge in [0.2, 0.25) is 5.91 Å². The largest absolute Gasteiger partial charge is 0.378 e. The van der Waals surface area contributed by atoms with Crippen molar-refractivity contribution in [3.63, 3.8) is 0 Å². The summed E-state index contributed by atoms with van der Waals surface area (Å²) in [5.41, 5.74) is -0.182. The Bertz CT molecular complexity index is 647. The molecule has 1 aromatic rings. The van der Waals surface area contributed by atoms with Crippen molar-refractivity contribution >= 4 is 11.7 Å². The minimum Gasteiger partial charge on any atom is -0.378 e. The Kier molecular flexibility index (Phi) is 5.15. The number of aryl methyl sites for hydroxylation is 1. The van der Waals surface area contributed by atoms with Gasteiger partial charge in [-0.25, -0.2) is 4.98 Å². The van der Waals surface area contributed by atoms with Gasteiger partial charge in [0, 0.05) is 45.7 Å². The molecule has 1 amide bonds. The van der Waals surface area contributed by atoms with Crippen molar-refractivity contribution in [3.05, 3.63) is 22.7 Å². The van der Waals surface area contributed by atoms with Crippen molar-refractivity contribution in [2.45, 2.75) is 25.6 Å². The molecule has 0 aliphatic carbocycles. The minimum absolute atomic E-state index is 0.0199. The quantitative estimate of drug-likeness (QED) is 0.823. The molecule has 1 N–H and O–H groups in total. The van der Waals surface area contributed by atoms with Crippen molar-refractivity contribution < 1.29 is 14.3 Å². The number of hydrogen-bond acceptors (Lipinski definition) is 6. The second kappa shape index (κ2) is 7.31. The summed E-state index contributed by atoms with van der Waals surface area (Å²) in [6.45, 7) is 4.65. The number of rotatable bonds is 4. The van der Waals surface area contributed by atoms with Crippen LogP contribution in [0.25, 0.3) is 0 Å². The van der Waals surface area contributed by atoms with Gasteiger partial charge in [-0.3, -0.25) is 9.59 Å². The van der Waals surface area contributed by atoms with Crippen molar-refractivity contribution in [1.82, 2.24) is 14.5 Å². The molecule has 2 aliphatic heterocycles. The highest BCUT2D eigenvalue weighted by Gasteiger charge is 2.35. The highest BCUT2D eigenvalue weighted by molar-refractivity contribution is 5.79. The monoisotopic (exact) mass is 336 g/mol. The summed E-state index contributed by atoms with van der Waals surface area (Å²) in [7, 11) is 1.68. The highest BCUT2D eigenvalue weighted by atomic mass is 16.5. The number of amides is 1. The number of nitrogens with one attached hydrogen (secondary N) is 1. The number of morpholine rings is 1. The first-order valence-corrected chi connectivity index (χ1v) is 8.33. The minimum atomic E-state index is -0.182. The predicted octanol–water partition coefficient (Wildman–Crippen LogP) is -0.155. The highest BCUT2D eigenvalue weighted by Crippen LogP contribution is 2.23. The predicted molar refractivity (Wildman–Crippen MR) is 87.8 cm³/mol. The lowest BCUT2D eigenvalue weighted by Gasteiger charge is -2.35. The molecule has 2 saturated heterocycles. The van der Waals surface area contributed by atoms with E-state index in [2.05, 4.69) is 10.3 Å². The van der Waals surface area contributed by atoms with E-state index >= 15 is 0 Å². The van der Waals surface area contributed by atoms with Crippen molar-refractivity contribution in [2.75, 3.05) is 38.2 Å². The van der Waals surface area contributed by atoms with Crippen LogP contribution in [0.4, 0.5) is 5.82 Å². The van der Waals surface area contributed by atoms with E-state index in [1.807, 2.05) is 11.8 Å². The third-order valence-corrected chi connectivity index (χ3v) is 4.66. The second-order valence-electron chi connectivity index (χ2n) is 6.32. The number of aromatic nitrogens is 2. The Hall–Kier alpha value is -1.93. The zero-order chi connectivity index (χ0) is 17.1. The third kappa shape index (κ3) is 3.59. The van der Waals surface area contributed by atoms with Crippen LogP contribution >= 0.6 is 0 Å². The molecule has 0 aromatic carbocycles.